The summed E-state index contributed by atoms with van der Waals surface area (Å²) in [4.78, 5) is 26.8. The molecule has 1 saturated carbocycles. The highest BCUT2D eigenvalue weighted by Crippen LogP contribution is 2.32. The number of hydrogen-bond acceptors (Lipinski definition) is 6. The minimum absolute atomic E-state index is 0.300. The lowest BCUT2D eigenvalue weighted by Gasteiger charge is -2.23. The second-order valence-corrected chi connectivity index (χ2v) is 10.0. The number of nitrogens with one attached hydrogen (secondary N) is 2. The van der Waals surface area contributed by atoms with Gasteiger partial charge in [-0.15, -0.1) is 0 Å². The first-order valence-electron chi connectivity index (χ1n) is 11.8. The molecule has 2 N–H and O–H groups in total. The topological polar surface area (TPSA) is 84.7 Å². The van der Waals surface area contributed by atoms with Gasteiger partial charge in [0.25, 0.3) is 5.91 Å². The number of benzene rings is 1. The van der Waals surface area contributed by atoms with Crippen molar-refractivity contribution in [3.63, 3.8) is 0 Å². The molecular weight excluding hydrogens is 489 g/mol. The Hall–Kier alpha value is -3.47. The van der Waals surface area contributed by atoms with E-state index in [1.807, 2.05) is 13.3 Å². The third-order valence-electron chi connectivity index (χ3n) is 6.42. The summed E-state index contributed by atoms with van der Waals surface area (Å²) in [6.45, 7) is 1.85. The van der Waals surface area contributed by atoms with Crippen LogP contribution in [0.25, 0.3) is 11.0 Å². The zero-order valence-corrected chi connectivity index (χ0v) is 20.4. The Balaban J connectivity index is 1.25. The van der Waals surface area contributed by atoms with Crippen LogP contribution in [0.3, 0.4) is 0 Å². The van der Waals surface area contributed by atoms with E-state index in [0.29, 0.717) is 22.6 Å². The van der Waals surface area contributed by atoms with Crippen LogP contribution in [0, 0.1) is 0 Å². The maximum atomic E-state index is 13.0. The molecule has 1 atom stereocenters. The largest absolute Gasteiger partial charge is 0.416 e. The summed E-state index contributed by atoms with van der Waals surface area (Å²) in [5, 5.41) is 6.47. The van der Waals surface area contributed by atoms with Crippen molar-refractivity contribution in [2.45, 2.75) is 57.3 Å². The predicted molar refractivity (Wildman–Crippen MR) is 132 cm³/mol. The van der Waals surface area contributed by atoms with Crippen LogP contribution >= 0.6 is 11.3 Å². The number of imidazole rings is 1. The number of fused-ring (bicyclic) bond motifs is 1. The Kier molecular flexibility index (Phi) is 6.65. The lowest BCUT2D eigenvalue weighted by Crippen LogP contribution is -2.27. The molecule has 1 aromatic carbocycles. The summed E-state index contributed by atoms with van der Waals surface area (Å²) in [6.07, 6.45) is 6.61. The third-order valence-corrected chi connectivity index (χ3v) is 7.52. The number of rotatable bonds is 6. The average Bonchev–Trinajstić information content (AvgIpc) is 3.51. The van der Waals surface area contributed by atoms with E-state index in [9.17, 15) is 18.0 Å². The number of carbonyl (C=O) groups is 1. The van der Waals surface area contributed by atoms with Gasteiger partial charge >= 0.3 is 6.18 Å². The van der Waals surface area contributed by atoms with Crippen molar-refractivity contribution < 1.29 is 18.0 Å². The van der Waals surface area contributed by atoms with E-state index in [-0.39, 0.29) is 11.9 Å². The summed E-state index contributed by atoms with van der Waals surface area (Å²) in [5.41, 5.74) is 1.78. The molecule has 3 aromatic heterocycles. The molecule has 3 heterocycles. The summed E-state index contributed by atoms with van der Waals surface area (Å²) in [6, 6.07) is 6.60. The molecule has 1 unspecified atom stereocenters. The Morgan fingerprint density at radius 1 is 1.08 bits per heavy atom. The third kappa shape index (κ3) is 5.20. The maximum Gasteiger partial charge on any atom is 0.416 e. The van der Waals surface area contributed by atoms with Crippen LogP contribution in [0.4, 0.5) is 24.0 Å². The van der Waals surface area contributed by atoms with Crippen LogP contribution in [-0.4, -0.2) is 25.4 Å². The van der Waals surface area contributed by atoms with Crippen LogP contribution in [0.15, 0.2) is 49.1 Å². The van der Waals surface area contributed by atoms with Crippen molar-refractivity contribution in [3.8, 4) is 0 Å². The second kappa shape index (κ2) is 9.88. The average molecular weight is 515 g/mol. The number of aromatic nitrogens is 4. The highest BCUT2D eigenvalue weighted by molar-refractivity contribution is 7.15. The van der Waals surface area contributed by atoms with Crippen molar-refractivity contribution in [1.29, 1.82) is 0 Å². The Morgan fingerprint density at radius 2 is 1.83 bits per heavy atom. The van der Waals surface area contributed by atoms with E-state index >= 15 is 0 Å². The SMILES string of the molecule is CC(NC(=O)c1cc2c(cn1)ncn2C1CCCCC1)c1cnc(Nc2ccc(C(F)(F)F)cc2)s1. The number of pyridine rings is 1. The lowest BCUT2D eigenvalue weighted by atomic mass is 9.95. The molecule has 5 rings (SSSR count). The first-order chi connectivity index (χ1) is 17.3. The zero-order valence-electron chi connectivity index (χ0n) is 19.5. The van der Waals surface area contributed by atoms with Crippen LogP contribution in [0.1, 0.15) is 72.0 Å². The number of anilines is 2. The molecule has 0 radical (unpaired) electrons. The van der Waals surface area contributed by atoms with Gasteiger partial charge in [-0.25, -0.2) is 15.0 Å². The molecule has 1 aliphatic carbocycles. The normalized spacial score (nSPS) is 15.7. The van der Waals surface area contributed by atoms with Gasteiger partial charge in [-0.05, 0) is 50.1 Å². The molecule has 4 aromatic rings. The van der Waals surface area contributed by atoms with Gasteiger partial charge in [0.1, 0.15) is 11.2 Å². The fourth-order valence-corrected chi connectivity index (χ4v) is 5.30. The van der Waals surface area contributed by atoms with Gasteiger partial charge in [0, 0.05) is 22.8 Å². The number of amides is 1. The highest BCUT2D eigenvalue weighted by atomic mass is 32.1. The fourth-order valence-electron chi connectivity index (χ4n) is 4.46. The van der Waals surface area contributed by atoms with Gasteiger partial charge < -0.3 is 15.2 Å². The minimum Gasteiger partial charge on any atom is -0.343 e. The Morgan fingerprint density at radius 3 is 2.56 bits per heavy atom. The lowest BCUT2D eigenvalue weighted by molar-refractivity contribution is -0.137. The van der Waals surface area contributed by atoms with Crippen molar-refractivity contribution in [3.05, 3.63) is 65.2 Å². The Bertz CT molecular complexity index is 1360. The van der Waals surface area contributed by atoms with Gasteiger partial charge in [-0.2, -0.15) is 13.2 Å². The predicted octanol–water partition coefficient (Wildman–Crippen LogP) is 6.65. The van der Waals surface area contributed by atoms with E-state index < -0.39 is 11.7 Å². The second-order valence-electron chi connectivity index (χ2n) is 8.96. The van der Waals surface area contributed by atoms with Crippen LogP contribution in [-0.2, 0) is 6.18 Å². The molecule has 188 valence electrons. The number of carbonyl (C=O) groups excluding carboxylic acids is 1. The molecule has 0 spiro atoms. The van der Waals surface area contributed by atoms with Crippen LogP contribution in [0.2, 0.25) is 0 Å². The van der Waals surface area contributed by atoms with E-state index in [0.717, 1.165) is 40.9 Å². The molecule has 1 aliphatic rings. The van der Waals surface area contributed by atoms with Crippen molar-refractivity contribution >= 4 is 39.1 Å². The monoisotopic (exact) mass is 514 g/mol. The van der Waals surface area contributed by atoms with Crippen molar-refractivity contribution in [1.82, 2.24) is 24.8 Å². The van der Waals surface area contributed by atoms with E-state index in [1.54, 1.807) is 18.5 Å². The standard InChI is InChI=1S/C25H25F3N6OS/c1-15(22-13-30-24(36-22)33-17-9-7-16(8-10-17)25(26,27)28)32-23(35)19-11-21-20(12-29-19)31-14-34(21)18-5-3-2-4-6-18/h7-15,18H,2-6H2,1H3,(H,30,33)(H,32,35). The molecule has 1 fully saturated rings. The molecule has 1 amide bonds. The number of nitrogens with zero attached hydrogens (tertiary/aromatic N) is 4. The maximum absolute atomic E-state index is 13.0. The van der Waals surface area contributed by atoms with Crippen molar-refractivity contribution in [2.24, 2.45) is 0 Å². The molecular formula is C25H25F3N6OS. The van der Waals surface area contributed by atoms with E-state index in [4.69, 9.17) is 0 Å². The summed E-state index contributed by atoms with van der Waals surface area (Å²) < 4.78 is 40.4. The summed E-state index contributed by atoms with van der Waals surface area (Å²) in [7, 11) is 0. The van der Waals surface area contributed by atoms with E-state index in [1.165, 1.54) is 42.7 Å². The van der Waals surface area contributed by atoms with Gasteiger partial charge in [0.15, 0.2) is 5.13 Å². The fraction of sp³-hybridized carbons (Fsp3) is 0.360. The number of alkyl halides is 3. The quantitative estimate of drug-likeness (QED) is 0.301. The molecule has 0 bridgehead atoms. The van der Waals surface area contributed by atoms with Crippen molar-refractivity contribution in [2.75, 3.05) is 5.32 Å². The van der Waals surface area contributed by atoms with Gasteiger partial charge in [-0.3, -0.25) is 4.79 Å². The molecule has 11 heteroatoms. The van der Waals surface area contributed by atoms with Crippen LogP contribution in [0.5, 0.6) is 0 Å². The number of thiazole rings is 1. The molecule has 0 aliphatic heterocycles. The number of halogens is 3. The van der Waals surface area contributed by atoms with Gasteiger partial charge in [0.05, 0.1) is 29.6 Å². The highest BCUT2D eigenvalue weighted by Gasteiger charge is 2.30. The molecule has 0 saturated heterocycles. The first kappa shape index (κ1) is 24.2. The van der Waals surface area contributed by atoms with Gasteiger partial charge in [-0.1, -0.05) is 30.6 Å². The minimum atomic E-state index is -4.38. The zero-order chi connectivity index (χ0) is 25.3. The molecule has 7 nitrogen and oxygen atoms in total. The first-order valence-corrected chi connectivity index (χ1v) is 12.6. The smallest absolute Gasteiger partial charge is 0.343 e. The Labute approximate surface area is 209 Å². The number of hydrogen-bond donors (Lipinski definition) is 2. The summed E-state index contributed by atoms with van der Waals surface area (Å²) in [5.74, 6) is -0.300. The van der Waals surface area contributed by atoms with Crippen LogP contribution < -0.4 is 10.6 Å². The molecule has 36 heavy (non-hydrogen) atoms. The van der Waals surface area contributed by atoms with Gasteiger partial charge in [0.2, 0.25) is 0 Å². The summed E-state index contributed by atoms with van der Waals surface area (Å²) >= 11 is 1.31. The van der Waals surface area contributed by atoms with E-state index in [2.05, 4.69) is 30.2 Å².